The van der Waals surface area contributed by atoms with Gasteiger partial charge in [0.05, 0.1) is 23.4 Å². The first kappa shape index (κ1) is 19.6. The Hall–Kier alpha value is -2.32. The summed E-state index contributed by atoms with van der Waals surface area (Å²) >= 11 is 3.03. The molecule has 6 nitrogen and oxygen atoms in total. The van der Waals surface area contributed by atoms with Gasteiger partial charge in [-0.15, -0.1) is 11.3 Å². The van der Waals surface area contributed by atoms with Gasteiger partial charge in [0.15, 0.2) is 5.16 Å². The number of thiophene rings is 1. The standard InChI is InChI=1S/C22H23N3O3S2/c1-28-14-7-4-6-13(12-14)25-21(27)18-15-8-5-10-16(15)29-20(18)24-22(25)30-17-9-2-3-11-23-19(17)26/h4,6-7,12,17H,2-3,5,8-11H2,1H3,(H,23,26). The quantitative estimate of drug-likeness (QED) is 0.625. The van der Waals surface area contributed by atoms with Crippen molar-refractivity contribution in [2.24, 2.45) is 0 Å². The van der Waals surface area contributed by atoms with Crippen LogP contribution in [0.15, 0.2) is 34.2 Å². The summed E-state index contributed by atoms with van der Waals surface area (Å²) in [5, 5.41) is 4.05. The lowest BCUT2D eigenvalue weighted by atomic mass is 10.2. The van der Waals surface area contributed by atoms with Gasteiger partial charge in [0, 0.05) is 17.5 Å². The number of fused-ring (bicyclic) bond motifs is 3. The van der Waals surface area contributed by atoms with Crippen molar-refractivity contribution in [3.8, 4) is 11.4 Å². The van der Waals surface area contributed by atoms with E-state index in [1.165, 1.54) is 16.6 Å². The van der Waals surface area contributed by atoms with Crippen LogP contribution in [-0.2, 0) is 17.6 Å². The minimum Gasteiger partial charge on any atom is -0.497 e. The van der Waals surface area contributed by atoms with Crippen LogP contribution in [0.5, 0.6) is 5.75 Å². The molecule has 2 aliphatic rings. The summed E-state index contributed by atoms with van der Waals surface area (Å²) in [6.07, 6.45) is 5.78. The monoisotopic (exact) mass is 441 g/mol. The lowest BCUT2D eigenvalue weighted by Gasteiger charge is -2.17. The predicted molar refractivity (Wildman–Crippen MR) is 120 cm³/mol. The van der Waals surface area contributed by atoms with Crippen molar-refractivity contribution >= 4 is 39.2 Å². The number of hydrogen-bond acceptors (Lipinski definition) is 6. The number of ether oxygens (including phenoxy) is 1. The third-order valence-electron chi connectivity index (χ3n) is 5.75. The van der Waals surface area contributed by atoms with Crippen LogP contribution in [0.1, 0.15) is 36.1 Å². The second kappa shape index (κ2) is 8.07. The summed E-state index contributed by atoms with van der Waals surface area (Å²) in [6.45, 7) is 0.711. The Morgan fingerprint density at radius 3 is 3.00 bits per heavy atom. The Balaban J connectivity index is 1.69. The van der Waals surface area contributed by atoms with Gasteiger partial charge >= 0.3 is 0 Å². The second-order valence-electron chi connectivity index (χ2n) is 7.67. The third-order valence-corrected chi connectivity index (χ3v) is 8.16. The van der Waals surface area contributed by atoms with Crippen molar-refractivity contribution in [1.82, 2.24) is 14.9 Å². The van der Waals surface area contributed by atoms with Gasteiger partial charge in [-0.25, -0.2) is 4.98 Å². The van der Waals surface area contributed by atoms with Gasteiger partial charge in [0.2, 0.25) is 5.91 Å². The van der Waals surface area contributed by atoms with Crippen LogP contribution in [0.25, 0.3) is 15.9 Å². The van der Waals surface area contributed by atoms with E-state index in [1.807, 2.05) is 24.3 Å². The van der Waals surface area contributed by atoms with Crippen molar-refractivity contribution in [2.45, 2.75) is 48.9 Å². The number of carbonyl (C=O) groups excluding carboxylic acids is 1. The van der Waals surface area contributed by atoms with E-state index in [2.05, 4.69) is 5.32 Å². The molecule has 2 aromatic heterocycles. The van der Waals surface area contributed by atoms with Crippen molar-refractivity contribution in [2.75, 3.05) is 13.7 Å². The Kier molecular flexibility index (Phi) is 5.28. The number of carbonyl (C=O) groups is 1. The summed E-state index contributed by atoms with van der Waals surface area (Å²) < 4.78 is 7.05. The smallest absolute Gasteiger partial charge is 0.267 e. The fourth-order valence-electron chi connectivity index (χ4n) is 4.23. The molecule has 1 fully saturated rings. The van der Waals surface area contributed by atoms with Gasteiger partial charge < -0.3 is 10.1 Å². The van der Waals surface area contributed by atoms with Gasteiger partial charge in [0.25, 0.3) is 5.56 Å². The summed E-state index contributed by atoms with van der Waals surface area (Å²) in [5.41, 5.74) is 1.82. The molecule has 1 atom stereocenters. The average molecular weight is 442 g/mol. The van der Waals surface area contributed by atoms with E-state index in [1.54, 1.807) is 23.0 Å². The molecule has 0 radical (unpaired) electrons. The van der Waals surface area contributed by atoms with Crippen LogP contribution < -0.4 is 15.6 Å². The largest absolute Gasteiger partial charge is 0.497 e. The van der Waals surface area contributed by atoms with E-state index < -0.39 is 0 Å². The first-order valence-corrected chi connectivity index (χ1v) is 12.0. The first-order valence-electron chi connectivity index (χ1n) is 10.3. The van der Waals surface area contributed by atoms with Crippen LogP contribution in [0, 0.1) is 0 Å². The molecule has 1 aliphatic heterocycles. The zero-order valence-electron chi connectivity index (χ0n) is 16.8. The van der Waals surface area contributed by atoms with Gasteiger partial charge in [0.1, 0.15) is 10.6 Å². The molecule has 30 heavy (non-hydrogen) atoms. The molecule has 3 heterocycles. The Labute approximate surface area is 182 Å². The maximum absolute atomic E-state index is 13.7. The molecule has 1 saturated heterocycles. The number of amides is 1. The molecule has 1 unspecified atom stereocenters. The molecular formula is C22H23N3O3S2. The highest BCUT2D eigenvalue weighted by atomic mass is 32.2. The van der Waals surface area contributed by atoms with E-state index in [0.29, 0.717) is 23.1 Å². The number of thioether (sulfide) groups is 1. The number of aromatic nitrogens is 2. The number of benzene rings is 1. The molecule has 1 aliphatic carbocycles. The van der Waals surface area contributed by atoms with Crippen molar-refractivity contribution in [3.05, 3.63) is 45.1 Å². The van der Waals surface area contributed by atoms with Crippen molar-refractivity contribution < 1.29 is 9.53 Å². The summed E-state index contributed by atoms with van der Waals surface area (Å²) in [5.74, 6) is 0.705. The van der Waals surface area contributed by atoms with Crippen LogP contribution in [0.4, 0.5) is 0 Å². The molecule has 0 saturated carbocycles. The van der Waals surface area contributed by atoms with E-state index >= 15 is 0 Å². The SMILES string of the molecule is COc1cccc(-n2c(SC3CCCCNC3=O)nc3sc4c(c3c2=O)CCC4)c1. The minimum atomic E-state index is -0.250. The van der Waals surface area contributed by atoms with Gasteiger partial charge in [-0.2, -0.15) is 0 Å². The van der Waals surface area contributed by atoms with Crippen LogP contribution in [0.2, 0.25) is 0 Å². The van der Waals surface area contributed by atoms with E-state index in [-0.39, 0.29) is 16.7 Å². The molecule has 5 rings (SSSR count). The molecular weight excluding hydrogens is 418 g/mol. The molecule has 1 N–H and O–H groups in total. The Morgan fingerprint density at radius 2 is 2.13 bits per heavy atom. The van der Waals surface area contributed by atoms with E-state index in [0.717, 1.165) is 54.3 Å². The van der Waals surface area contributed by atoms with Crippen LogP contribution in [-0.4, -0.2) is 34.4 Å². The third kappa shape index (κ3) is 3.41. The van der Waals surface area contributed by atoms with Gasteiger partial charge in [-0.05, 0) is 49.8 Å². The summed E-state index contributed by atoms with van der Waals surface area (Å²) in [6, 6.07) is 7.46. The van der Waals surface area contributed by atoms with Crippen molar-refractivity contribution in [1.29, 1.82) is 0 Å². The van der Waals surface area contributed by atoms with Gasteiger partial charge in [-0.3, -0.25) is 14.2 Å². The van der Waals surface area contributed by atoms with Gasteiger partial charge in [-0.1, -0.05) is 24.2 Å². The van der Waals surface area contributed by atoms with Crippen LogP contribution >= 0.6 is 23.1 Å². The average Bonchev–Trinajstić information content (AvgIpc) is 3.27. The molecule has 3 aromatic rings. The predicted octanol–water partition coefficient (Wildman–Crippen LogP) is 3.71. The lowest BCUT2D eigenvalue weighted by Crippen LogP contribution is -2.31. The number of nitrogens with one attached hydrogen (secondary N) is 1. The van der Waals surface area contributed by atoms with E-state index in [9.17, 15) is 9.59 Å². The fourth-order valence-corrected chi connectivity index (χ4v) is 6.71. The number of methoxy groups -OCH3 is 1. The Morgan fingerprint density at radius 1 is 1.23 bits per heavy atom. The fraction of sp³-hybridized carbons (Fsp3) is 0.409. The second-order valence-corrected chi connectivity index (χ2v) is 9.92. The zero-order chi connectivity index (χ0) is 20.7. The molecule has 156 valence electrons. The summed E-state index contributed by atoms with van der Waals surface area (Å²) in [4.78, 5) is 33.3. The van der Waals surface area contributed by atoms with E-state index in [4.69, 9.17) is 9.72 Å². The molecule has 8 heteroatoms. The maximum atomic E-state index is 13.7. The molecule has 1 amide bonds. The number of rotatable bonds is 4. The van der Waals surface area contributed by atoms with Crippen LogP contribution in [0.3, 0.4) is 0 Å². The van der Waals surface area contributed by atoms with Crippen molar-refractivity contribution in [3.63, 3.8) is 0 Å². The highest BCUT2D eigenvalue weighted by molar-refractivity contribution is 8.00. The molecule has 1 aromatic carbocycles. The molecule has 0 bridgehead atoms. The maximum Gasteiger partial charge on any atom is 0.267 e. The topological polar surface area (TPSA) is 73.2 Å². The first-order chi connectivity index (χ1) is 14.7. The number of aryl methyl sites for hydroxylation is 2. The zero-order valence-corrected chi connectivity index (χ0v) is 18.4. The Bertz CT molecular complexity index is 1180. The number of hydrogen-bond donors (Lipinski definition) is 1. The highest BCUT2D eigenvalue weighted by Crippen LogP contribution is 2.37. The minimum absolute atomic E-state index is 0.0257. The summed E-state index contributed by atoms with van der Waals surface area (Å²) in [7, 11) is 1.61. The lowest BCUT2D eigenvalue weighted by molar-refractivity contribution is -0.120. The molecule has 0 spiro atoms. The normalized spacial score (nSPS) is 18.8. The highest BCUT2D eigenvalue weighted by Gasteiger charge is 2.28. The number of nitrogens with zero attached hydrogens (tertiary/aromatic N) is 2.